The molecule has 1 saturated heterocycles. The van der Waals surface area contributed by atoms with Gasteiger partial charge in [-0.15, -0.1) is 0 Å². The fourth-order valence-electron chi connectivity index (χ4n) is 1.90. The molecule has 0 radical (unpaired) electrons. The van der Waals surface area contributed by atoms with Crippen LogP contribution >= 0.6 is 0 Å². The summed E-state index contributed by atoms with van der Waals surface area (Å²) in [5, 5.41) is 3.30. The molecule has 0 amide bonds. The number of piperidine rings is 1. The molecule has 5 nitrogen and oxygen atoms in total. The van der Waals surface area contributed by atoms with Crippen LogP contribution in [0.4, 0.5) is 0 Å². The van der Waals surface area contributed by atoms with Crippen molar-refractivity contribution in [3.63, 3.8) is 0 Å². The Morgan fingerprint density at radius 2 is 1.71 bits per heavy atom. The highest BCUT2D eigenvalue weighted by Gasteiger charge is 2.19. The summed E-state index contributed by atoms with van der Waals surface area (Å²) in [5.74, 6) is 1.88. The van der Waals surface area contributed by atoms with E-state index < -0.39 is 0 Å². The summed E-state index contributed by atoms with van der Waals surface area (Å²) in [5.41, 5.74) is 0. The monoisotopic (exact) mass is 238 g/mol. The zero-order chi connectivity index (χ0) is 12.1. The summed E-state index contributed by atoms with van der Waals surface area (Å²) < 4.78 is 16.5. The summed E-state index contributed by atoms with van der Waals surface area (Å²) in [4.78, 5) is 4.04. The lowest BCUT2D eigenvalue weighted by molar-refractivity contribution is 0.150. The van der Waals surface area contributed by atoms with E-state index in [0.717, 1.165) is 25.9 Å². The largest absolute Gasteiger partial charge is 0.491 e. The number of methoxy groups -OCH3 is 2. The first kappa shape index (κ1) is 12.0. The summed E-state index contributed by atoms with van der Waals surface area (Å²) >= 11 is 0. The van der Waals surface area contributed by atoms with Crippen molar-refractivity contribution in [2.75, 3.05) is 27.3 Å². The van der Waals surface area contributed by atoms with Gasteiger partial charge in [0.1, 0.15) is 6.10 Å². The van der Waals surface area contributed by atoms with Crippen LogP contribution in [0.2, 0.25) is 0 Å². The Hall–Kier alpha value is -1.49. The normalized spacial score (nSPS) is 16.6. The SMILES string of the molecule is COc1cncc(OC)c1OC1CCNCC1. The third kappa shape index (κ3) is 2.79. The molecule has 0 bridgehead atoms. The van der Waals surface area contributed by atoms with Gasteiger partial charge < -0.3 is 19.5 Å². The number of aromatic nitrogens is 1. The molecule has 2 rings (SSSR count). The van der Waals surface area contributed by atoms with Crippen LogP contribution in [0.25, 0.3) is 0 Å². The summed E-state index contributed by atoms with van der Waals surface area (Å²) in [6, 6.07) is 0. The molecule has 0 spiro atoms. The summed E-state index contributed by atoms with van der Waals surface area (Å²) in [6.07, 6.45) is 5.47. The molecule has 1 aromatic rings. The van der Waals surface area contributed by atoms with Crippen LogP contribution in [0.5, 0.6) is 17.2 Å². The highest BCUT2D eigenvalue weighted by molar-refractivity contribution is 5.48. The van der Waals surface area contributed by atoms with E-state index in [1.165, 1.54) is 0 Å². The molecule has 1 fully saturated rings. The molecular weight excluding hydrogens is 220 g/mol. The number of hydrogen-bond donors (Lipinski definition) is 1. The third-order valence-electron chi connectivity index (χ3n) is 2.84. The maximum absolute atomic E-state index is 5.97. The standard InChI is InChI=1S/C12H18N2O3/c1-15-10-7-14-8-11(16-2)12(10)17-9-3-5-13-6-4-9/h7-9,13H,3-6H2,1-2H3. The molecule has 5 heteroatoms. The minimum Gasteiger partial charge on any atom is -0.491 e. The molecule has 1 N–H and O–H groups in total. The number of rotatable bonds is 4. The van der Waals surface area contributed by atoms with Crippen LogP contribution in [0, 0.1) is 0 Å². The minimum atomic E-state index is 0.210. The number of nitrogens with one attached hydrogen (secondary N) is 1. The van der Waals surface area contributed by atoms with Gasteiger partial charge in [-0.25, -0.2) is 0 Å². The lowest BCUT2D eigenvalue weighted by atomic mass is 10.1. The Balaban J connectivity index is 2.16. The first-order chi connectivity index (χ1) is 8.35. The van der Waals surface area contributed by atoms with Crippen molar-refractivity contribution in [3.05, 3.63) is 12.4 Å². The molecule has 1 aliphatic rings. The van der Waals surface area contributed by atoms with Gasteiger partial charge >= 0.3 is 0 Å². The second-order valence-electron chi connectivity index (χ2n) is 3.94. The fraction of sp³-hybridized carbons (Fsp3) is 0.583. The Labute approximate surface area is 101 Å². The highest BCUT2D eigenvalue weighted by Crippen LogP contribution is 2.37. The van der Waals surface area contributed by atoms with Crippen LogP contribution in [0.3, 0.4) is 0 Å². The van der Waals surface area contributed by atoms with Gasteiger partial charge in [-0.3, -0.25) is 4.98 Å². The molecule has 1 aromatic heterocycles. The number of hydrogen-bond acceptors (Lipinski definition) is 5. The first-order valence-electron chi connectivity index (χ1n) is 5.78. The molecule has 0 aliphatic carbocycles. The topological polar surface area (TPSA) is 52.6 Å². The molecule has 17 heavy (non-hydrogen) atoms. The number of pyridine rings is 1. The zero-order valence-electron chi connectivity index (χ0n) is 10.2. The summed E-state index contributed by atoms with van der Waals surface area (Å²) in [7, 11) is 3.21. The van der Waals surface area contributed by atoms with Crippen molar-refractivity contribution in [2.24, 2.45) is 0 Å². The average molecular weight is 238 g/mol. The highest BCUT2D eigenvalue weighted by atomic mass is 16.5. The van der Waals surface area contributed by atoms with Crippen LogP contribution < -0.4 is 19.5 Å². The van der Waals surface area contributed by atoms with E-state index in [4.69, 9.17) is 14.2 Å². The molecular formula is C12H18N2O3. The van der Waals surface area contributed by atoms with Crippen molar-refractivity contribution in [3.8, 4) is 17.2 Å². The maximum Gasteiger partial charge on any atom is 0.207 e. The van der Waals surface area contributed by atoms with Crippen molar-refractivity contribution in [2.45, 2.75) is 18.9 Å². The van der Waals surface area contributed by atoms with E-state index in [1.54, 1.807) is 26.6 Å². The van der Waals surface area contributed by atoms with Crippen molar-refractivity contribution in [1.82, 2.24) is 10.3 Å². The smallest absolute Gasteiger partial charge is 0.207 e. The Morgan fingerprint density at radius 3 is 2.24 bits per heavy atom. The Morgan fingerprint density at radius 1 is 1.12 bits per heavy atom. The van der Waals surface area contributed by atoms with Gasteiger partial charge in [-0.1, -0.05) is 0 Å². The molecule has 94 valence electrons. The second kappa shape index (κ2) is 5.72. The first-order valence-corrected chi connectivity index (χ1v) is 5.78. The van der Waals surface area contributed by atoms with Crippen LogP contribution in [0.15, 0.2) is 12.4 Å². The minimum absolute atomic E-state index is 0.210. The predicted octanol–water partition coefficient (Wildman–Crippen LogP) is 1.23. The molecule has 0 unspecified atom stereocenters. The molecule has 0 aromatic carbocycles. The molecule has 1 aliphatic heterocycles. The lowest BCUT2D eigenvalue weighted by Crippen LogP contribution is -2.34. The van der Waals surface area contributed by atoms with Gasteiger partial charge in [-0.2, -0.15) is 0 Å². The van der Waals surface area contributed by atoms with Crippen LogP contribution in [0.1, 0.15) is 12.8 Å². The summed E-state index contributed by atoms with van der Waals surface area (Å²) in [6.45, 7) is 1.97. The van der Waals surface area contributed by atoms with Gasteiger partial charge in [0.05, 0.1) is 26.6 Å². The van der Waals surface area contributed by atoms with Gasteiger partial charge in [-0.05, 0) is 25.9 Å². The Bertz CT molecular complexity index is 343. The third-order valence-corrected chi connectivity index (χ3v) is 2.84. The second-order valence-corrected chi connectivity index (χ2v) is 3.94. The quantitative estimate of drug-likeness (QED) is 0.855. The van der Waals surface area contributed by atoms with Crippen molar-refractivity contribution < 1.29 is 14.2 Å². The van der Waals surface area contributed by atoms with Crippen LogP contribution in [-0.4, -0.2) is 38.4 Å². The lowest BCUT2D eigenvalue weighted by Gasteiger charge is -2.25. The van der Waals surface area contributed by atoms with E-state index in [9.17, 15) is 0 Å². The van der Waals surface area contributed by atoms with E-state index in [2.05, 4.69) is 10.3 Å². The van der Waals surface area contributed by atoms with Crippen LogP contribution in [-0.2, 0) is 0 Å². The zero-order valence-corrected chi connectivity index (χ0v) is 10.2. The van der Waals surface area contributed by atoms with E-state index >= 15 is 0 Å². The molecule has 2 heterocycles. The van der Waals surface area contributed by atoms with Gasteiger partial charge in [0.2, 0.25) is 5.75 Å². The van der Waals surface area contributed by atoms with E-state index in [-0.39, 0.29) is 6.10 Å². The predicted molar refractivity (Wildman–Crippen MR) is 63.9 cm³/mol. The van der Waals surface area contributed by atoms with Crippen molar-refractivity contribution >= 4 is 0 Å². The Kier molecular flexibility index (Phi) is 4.03. The average Bonchev–Trinajstić information content (AvgIpc) is 2.40. The van der Waals surface area contributed by atoms with E-state index in [0.29, 0.717) is 17.2 Å². The van der Waals surface area contributed by atoms with E-state index in [1.807, 2.05) is 0 Å². The van der Waals surface area contributed by atoms with Gasteiger partial charge in [0.25, 0.3) is 0 Å². The maximum atomic E-state index is 5.97. The van der Waals surface area contributed by atoms with Gasteiger partial charge in [0, 0.05) is 0 Å². The number of nitrogens with zero attached hydrogens (tertiary/aromatic N) is 1. The van der Waals surface area contributed by atoms with Gasteiger partial charge in [0.15, 0.2) is 11.5 Å². The number of ether oxygens (including phenoxy) is 3. The molecule has 0 saturated carbocycles. The van der Waals surface area contributed by atoms with Crippen molar-refractivity contribution in [1.29, 1.82) is 0 Å². The molecule has 0 atom stereocenters. The fourth-order valence-corrected chi connectivity index (χ4v) is 1.90.